The van der Waals surface area contributed by atoms with E-state index in [0.717, 1.165) is 11.1 Å². The van der Waals surface area contributed by atoms with Crippen molar-refractivity contribution in [3.8, 4) is 5.75 Å². The van der Waals surface area contributed by atoms with Gasteiger partial charge in [-0.1, -0.05) is 12.1 Å². The van der Waals surface area contributed by atoms with Crippen molar-refractivity contribution in [1.82, 2.24) is 15.2 Å². The Labute approximate surface area is 140 Å². The highest BCUT2D eigenvalue weighted by Crippen LogP contribution is 2.30. The van der Waals surface area contributed by atoms with Crippen LogP contribution in [0.5, 0.6) is 5.75 Å². The number of carbonyl (C=O) groups excluding carboxylic acids is 1. The van der Waals surface area contributed by atoms with Gasteiger partial charge in [0.2, 0.25) is 0 Å². The van der Waals surface area contributed by atoms with Crippen LogP contribution in [-0.2, 0) is 13.6 Å². The second-order valence-electron chi connectivity index (χ2n) is 5.69. The van der Waals surface area contributed by atoms with Gasteiger partial charge in [-0.3, -0.25) is 0 Å². The number of rotatable bonds is 5. The van der Waals surface area contributed by atoms with Crippen molar-refractivity contribution in [3.05, 3.63) is 54.0 Å². The van der Waals surface area contributed by atoms with E-state index in [-0.39, 0.29) is 12.1 Å². The number of hydrogen-bond donors (Lipinski definition) is 2. The Morgan fingerprint density at radius 2 is 2.17 bits per heavy atom. The fourth-order valence-electron chi connectivity index (χ4n) is 2.60. The van der Waals surface area contributed by atoms with Crippen LogP contribution in [0.25, 0.3) is 11.0 Å². The Morgan fingerprint density at radius 3 is 2.88 bits per heavy atom. The molecule has 2 amide bonds. The number of nitrogens with one attached hydrogen (secondary N) is 2. The van der Waals surface area contributed by atoms with Gasteiger partial charge in [0, 0.05) is 24.3 Å². The minimum absolute atomic E-state index is 0.240. The monoisotopic (exact) mass is 327 g/mol. The number of furan rings is 1. The zero-order chi connectivity index (χ0) is 17.1. The number of nitrogens with zero attached hydrogens (tertiary/aromatic N) is 1. The zero-order valence-electron chi connectivity index (χ0n) is 14.0. The van der Waals surface area contributed by atoms with Gasteiger partial charge in [0.1, 0.15) is 5.76 Å². The first-order valence-electron chi connectivity index (χ1n) is 7.79. The molecule has 2 aromatic heterocycles. The molecule has 1 aromatic carbocycles. The van der Waals surface area contributed by atoms with Gasteiger partial charge in [-0.25, -0.2) is 4.79 Å². The summed E-state index contributed by atoms with van der Waals surface area (Å²) in [7, 11) is 3.55. The van der Waals surface area contributed by atoms with Gasteiger partial charge in [-0.2, -0.15) is 0 Å². The molecule has 2 N–H and O–H groups in total. The van der Waals surface area contributed by atoms with Crippen LogP contribution in [-0.4, -0.2) is 17.7 Å². The van der Waals surface area contributed by atoms with Crippen molar-refractivity contribution in [3.63, 3.8) is 0 Å². The van der Waals surface area contributed by atoms with E-state index in [4.69, 9.17) is 9.15 Å². The Kier molecular flexibility index (Phi) is 4.46. The second kappa shape index (κ2) is 6.70. The molecule has 0 unspecified atom stereocenters. The average molecular weight is 327 g/mol. The van der Waals surface area contributed by atoms with Crippen molar-refractivity contribution in [2.45, 2.75) is 19.5 Å². The number of hydrogen-bond acceptors (Lipinski definition) is 3. The normalized spacial score (nSPS) is 12.1. The smallest absolute Gasteiger partial charge is 0.315 e. The maximum absolute atomic E-state index is 12.1. The molecule has 126 valence electrons. The van der Waals surface area contributed by atoms with E-state index >= 15 is 0 Å². The molecule has 3 rings (SSSR count). The van der Waals surface area contributed by atoms with E-state index in [9.17, 15) is 4.79 Å². The first-order valence-corrected chi connectivity index (χ1v) is 7.79. The molecule has 0 aliphatic carbocycles. The molecular formula is C18H21N3O3. The minimum Gasteiger partial charge on any atom is -0.493 e. The van der Waals surface area contributed by atoms with Gasteiger partial charge < -0.3 is 24.4 Å². The maximum atomic E-state index is 12.1. The Hall–Kier alpha value is -2.89. The number of methoxy groups -OCH3 is 1. The minimum atomic E-state index is -0.254. The summed E-state index contributed by atoms with van der Waals surface area (Å²) < 4.78 is 13.1. The van der Waals surface area contributed by atoms with Crippen LogP contribution in [0.4, 0.5) is 4.79 Å². The van der Waals surface area contributed by atoms with E-state index in [1.165, 1.54) is 0 Å². The lowest BCUT2D eigenvalue weighted by Gasteiger charge is -2.13. The summed E-state index contributed by atoms with van der Waals surface area (Å²) >= 11 is 0. The van der Waals surface area contributed by atoms with Crippen molar-refractivity contribution < 1.29 is 13.9 Å². The van der Waals surface area contributed by atoms with E-state index in [0.29, 0.717) is 23.6 Å². The number of carbonyl (C=O) groups is 1. The maximum Gasteiger partial charge on any atom is 0.315 e. The predicted octanol–water partition coefficient (Wildman–Crippen LogP) is 3.34. The van der Waals surface area contributed by atoms with Gasteiger partial charge in [-0.05, 0) is 31.2 Å². The highest BCUT2D eigenvalue weighted by Gasteiger charge is 2.16. The molecule has 0 aliphatic rings. The Balaban J connectivity index is 1.65. The molecule has 24 heavy (non-hydrogen) atoms. The second-order valence-corrected chi connectivity index (χ2v) is 5.69. The number of benzene rings is 1. The molecule has 0 spiro atoms. The molecule has 0 saturated heterocycles. The third kappa shape index (κ3) is 3.22. The van der Waals surface area contributed by atoms with Crippen LogP contribution in [0.1, 0.15) is 24.4 Å². The first kappa shape index (κ1) is 16.0. The van der Waals surface area contributed by atoms with Crippen molar-refractivity contribution in [2.24, 2.45) is 7.05 Å². The third-order valence-electron chi connectivity index (χ3n) is 4.00. The topological polar surface area (TPSA) is 68.4 Å². The third-order valence-corrected chi connectivity index (χ3v) is 4.00. The summed E-state index contributed by atoms with van der Waals surface area (Å²) in [5, 5.41) is 6.67. The number of ether oxygens (including phenoxy) is 1. The molecule has 3 aromatic rings. The van der Waals surface area contributed by atoms with Gasteiger partial charge in [0.05, 0.1) is 19.7 Å². The fraction of sp³-hybridized carbons (Fsp3) is 0.278. The lowest BCUT2D eigenvalue weighted by atomic mass is 10.2. The van der Waals surface area contributed by atoms with E-state index in [1.54, 1.807) is 7.11 Å². The number of urea groups is 1. The molecule has 0 radical (unpaired) electrons. The summed E-state index contributed by atoms with van der Waals surface area (Å²) in [6, 6.07) is 11.0. The zero-order valence-corrected chi connectivity index (χ0v) is 14.0. The Bertz CT molecular complexity index is 850. The van der Waals surface area contributed by atoms with E-state index < -0.39 is 0 Å². The summed E-state index contributed by atoms with van der Waals surface area (Å²) in [6.07, 6.45) is 1.94. The molecule has 0 saturated carbocycles. The number of amides is 2. The van der Waals surface area contributed by atoms with Crippen molar-refractivity contribution >= 4 is 17.0 Å². The molecule has 1 atom stereocenters. The Morgan fingerprint density at radius 1 is 1.33 bits per heavy atom. The number of fused-ring (bicyclic) bond motifs is 1. The molecule has 0 bridgehead atoms. The molecule has 2 heterocycles. The summed E-state index contributed by atoms with van der Waals surface area (Å²) in [6.45, 7) is 2.35. The van der Waals surface area contributed by atoms with Crippen molar-refractivity contribution in [1.29, 1.82) is 0 Å². The van der Waals surface area contributed by atoms with Crippen LogP contribution >= 0.6 is 0 Å². The molecule has 6 heteroatoms. The summed E-state index contributed by atoms with van der Waals surface area (Å²) in [5.41, 5.74) is 1.72. The van der Waals surface area contributed by atoms with Gasteiger partial charge in [-0.15, -0.1) is 0 Å². The number of aryl methyl sites for hydroxylation is 1. The molecule has 6 nitrogen and oxygen atoms in total. The summed E-state index contributed by atoms with van der Waals surface area (Å²) in [5.74, 6) is 1.36. The van der Waals surface area contributed by atoms with Gasteiger partial charge in [0.15, 0.2) is 11.3 Å². The predicted molar refractivity (Wildman–Crippen MR) is 92.0 cm³/mol. The number of para-hydroxylation sites is 1. The lowest BCUT2D eigenvalue weighted by molar-refractivity contribution is 0.235. The van der Waals surface area contributed by atoms with Crippen LogP contribution in [0.3, 0.4) is 0 Å². The van der Waals surface area contributed by atoms with Gasteiger partial charge in [0.25, 0.3) is 0 Å². The first-order chi connectivity index (χ1) is 11.6. The average Bonchev–Trinajstić information content (AvgIpc) is 3.18. The van der Waals surface area contributed by atoms with Gasteiger partial charge >= 0.3 is 6.03 Å². The van der Waals surface area contributed by atoms with Crippen LogP contribution in [0.15, 0.2) is 47.0 Å². The van der Waals surface area contributed by atoms with E-state index in [1.807, 2.05) is 61.1 Å². The largest absolute Gasteiger partial charge is 0.493 e. The fourth-order valence-corrected chi connectivity index (χ4v) is 2.60. The summed E-state index contributed by atoms with van der Waals surface area (Å²) in [4.78, 5) is 12.1. The lowest BCUT2D eigenvalue weighted by Crippen LogP contribution is -2.36. The SMILES string of the molecule is COc1cccc2cc([C@@H](C)NC(=O)NCc3cccn3C)oc12. The highest BCUT2D eigenvalue weighted by molar-refractivity contribution is 5.84. The van der Waals surface area contributed by atoms with Crippen LogP contribution in [0, 0.1) is 0 Å². The highest BCUT2D eigenvalue weighted by atomic mass is 16.5. The van der Waals surface area contributed by atoms with Crippen LogP contribution < -0.4 is 15.4 Å². The van der Waals surface area contributed by atoms with Crippen molar-refractivity contribution in [2.75, 3.05) is 7.11 Å². The van der Waals surface area contributed by atoms with E-state index in [2.05, 4.69) is 10.6 Å². The standard InChI is InChI=1S/C18H21N3O3/c1-12(20-18(22)19-11-14-7-5-9-21(14)2)16-10-13-6-4-8-15(23-3)17(13)24-16/h4-10,12H,11H2,1-3H3,(H2,19,20,22)/t12-/m1/s1. The molecule has 0 aliphatic heterocycles. The molecule has 0 fully saturated rings. The number of aromatic nitrogens is 1. The quantitative estimate of drug-likeness (QED) is 0.755. The van der Waals surface area contributed by atoms with Crippen LogP contribution in [0.2, 0.25) is 0 Å². The molecular weight excluding hydrogens is 306 g/mol.